The number of thiol groups is 1. The molecular formula is C22H48N2S10. The molecular weight excluding hydrogens is 613 g/mol. The summed E-state index contributed by atoms with van der Waals surface area (Å²) in [5.74, 6) is 24.4. The molecule has 206 valence electrons. The van der Waals surface area contributed by atoms with Crippen molar-refractivity contribution in [2.24, 2.45) is 0 Å². The number of hydrazine groups is 1. The van der Waals surface area contributed by atoms with Crippen molar-refractivity contribution in [3.63, 3.8) is 0 Å². The standard InChI is InChI=1S/C22H48N2S10/c1-24(2)23-3-5-26-7-9-28-11-13-30-15-17-32-19-21-34-22-20-33-18-16-31-14-12-29-10-8-27-6-4-25/h23,25H,3-22H2,1-2H3. The highest BCUT2D eigenvalue weighted by Crippen LogP contribution is 2.15. The van der Waals surface area contributed by atoms with E-state index in [9.17, 15) is 0 Å². The van der Waals surface area contributed by atoms with Crippen LogP contribution in [0.2, 0.25) is 0 Å². The Hall–Kier alpha value is 3.42. The molecule has 0 unspecified atom stereocenters. The Morgan fingerprint density at radius 1 is 0.412 bits per heavy atom. The fraction of sp³-hybridized carbons (Fsp3) is 1.00. The van der Waals surface area contributed by atoms with Gasteiger partial charge < -0.3 is 0 Å². The summed E-state index contributed by atoms with van der Waals surface area (Å²) in [6.07, 6.45) is 0. The van der Waals surface area contributed by atoms with Gasteiger partial charge in [-0.05, 0) is 5.75 Å². The Morgan fingerprint density at radius 2 is 0.647 bits per heavy atom. The highest BCUT2D eigenvalue weighted by Gasteiger charge is 1.97. The summed E-state index contributed by atoms with van der Waals surface area (Å²) in [6.45, 7) is 1.07. The van der Waals surface area contributed by atoms with Gasteiger partial charge in [0.15, 0.2) is 0 Å². The number of nitrogens with zero attached hydrogens (tertiary/aromatic N) is 1. The van der Waals surface area contributed by atoms with Crippen molar-refractivity contribution in [1.29, 1.82) is 0 Å². The molecule has 12 heteroatoms. The second-order valence-corrected chi connectivity index (χ2v) is 18.5. The summed E-state index contributed by atoms with van der Waals surface area (Å²) in [6, 6.07) is 0. The molecule has 0 bridgehead atoms. The zero-order chi connectivity index (χ0) is 24.8. The van der Waals surface area contributed by atoms with Crippen LogP contribution in [0, 0.1) is 0 Å². The first-order chi connectivity index (χ1) is 16.8. The van der Waals surface area contributed by atoms with Crippen molar-refractivity contribution in [3.8, 4) is 0 Å². The first-order valence-electron chi connectivity index (χ1n) is 12.0. The van der Waals surface area contributed by atoms with E-state index < -0.39 is 0 Å². The molecule has 0 saturated carbocycles. The minimum absolute atomic E-state index is 1.01. The van der Waals surface area contributed by atoms with Crippen LogP contribution >= 0.6 is 118 Å². The van der Waals surface area contributed by atoms with Crippen molar-refractivity contribution in [3.05, 3.63) is 0 Å². The molecule has 34 heavy (non-hydrogen) atoms. The van der Waals surface area contributed by atoms with Gasteiger partial charge in [0.25, 0.3) is 0 Å². The van der Waals surface area contributed by atoms with Gasteiger partial charge in [0, 0.05) is 124 Å². The molecule has 0 amide bonds. The van der Waals surface area contributed by atoms with Crippen LogP contribution in [0.15, 0.2) is 0 Å². The third kappa shape index (κ3) is 35.4. The van der Waals surface area contributed by atoms with Crippen LogP contribution < -0.4 is 5.43 Å². The third-order valence-corrected chi connectivity index (χ3v) is 15.4. The molecule has 0 aromatic rings. The molecule has 0 heterocycles. The summed E-state index contributed by atoms with van der Waals surface area (Å²) in [5.41, 5.74) is 3.31. The zero-order valence-electron chi connectivity index (χ0n) is 21.2. The van der Waals surface area contributed by atoms with Gasteiger partial charge in [-0.2, -0.15) is 118 Å². The average molecular weight is 661 g/mol. The fourth-order valence-corrected chi connectivity index (χ4v) is 12.4. The smallest absolute Gasteiger partial charge is 0.0193 e. The number of hydrogen-bond acceptors (Lipinski definition) is 12. The van der Waals surface area contributed by atoms with E-state index in [1.165, 1.54) is 104 Å². The van der Waals surface area contributed by atoms with Crippen molar-refractivity contribution in [1.82, 2.24) is 10.4 Å². The molecule has 0 rings (SSSR count). The summed E-state index contributed by atoms with van der Waals surface area (Å²) >= 11 is 23.3. The topological polar surface area (TPSA) is 15.3 Å². The molecule has 0 aromatic heterocycles. The molecule has 0 aromatic carbocycles. The Bertz CT molecular complexity index is 371. The second-order valence-electron chi connectivity index (χ2n) is 7.04. The minimum atomic E-state index is 1.01. The lowest BCUT2D eigenvalue weighted by molar-refractivity contribution is 0.300. The van der Waals surface area contributed by atoms with Crippen LogP contribution in [-0.4, -0.2) is 135 Å². The van der Waals surface area contributed by atoms with E-state index in [1.54, 1.807) is 0 Å². The van der Waals surface area contributed by atoms with Gasteiger partial charge in [-0.15, -0.1) is 0 Å². The number of hydrogen-bond donors (Lipinski definition) is 2. The van der Waals surface area contributed by atoms with Crippen LogP contribution in [0.5, 0.6) is 0 Å². The van der Waals surface area contributed by atoms with Crippen molar-refractivity contribution < 1.29 is 0 Å². The van der Waals surface area contributed by atoms with E-state index >= 15 is 0 Å². The summed E-state index contributed by atoms with van der Waals surface area (Å²) in [5, 5.41) is 2.03. The van der Waals surface area contributed by atoms with Crippen LogP contribution in [0.4, 0.5) is 0 Å². The van der Waals surface area contributed by atoms with Gasteiger partial charge in [0.1, 0.15) is 0 Å². The number of thioether (sulfide) groups is 9. The van der Waals surface area contributed by atoms with E-state index in [-0.39, 0.29) is 0 Å². The summed E-state index contributed by atoms with van der Waals surface area (Å²) in [7, 11) is 4.10. The Balaban J connectivity index is 3.00. The largest absolute Gasteiger partial charge is 0.255 e. The Labute approximate surface area is 256 Å². The predicted molar refractivity (Wildman–Crippen MR) is 191 cm³/mol. The highest BCUT2D eigenvalue weighted by atomic mass is 32.2. The summed E-state index contributed by atoms with van der Waals surface area (Å²) < 4.78 is 0. The maximum atomic E-state index is 4.24. The average Bonchev–Trinajstić information content (AvgIpc) is 2.83. The maximum Gasteiger partial charge on any atom is 0.0193 e. The van der Waals surface area contributed by atoms with Gasteiger partial charge in [-0.25, -0.2) is 0 Å². The van der Waals surface area contributed by atoms with Gasteiger partial charge in [0.2, 0.25) is 0 Å². The lowest BCUT2D eigenvalue weighted by Crippen LogP contribution is -2.32. The molecule has 0 aliphatic heterocycles. The van der Waals surface area contributed by atoms with Crippen molar-refractivity contribution in [2.75, 3.05) is 130 Å². The predicted octanol–water partition coefficient (Wildman–Crippen LogP) is 6.58. The van der Waals surface area contributed by atoms with Gasteiger partial charge >= 0.3 is 0 Å². The molecule has 0 radical (unpaired) electrons. The van der Waals surface area contributed by atoms with E-state index in [4.69, 9.17) is 0 Å². The Morgan fingerprint density at radius 3 is 0.882 bits per heavy atom. The van der Waals surface area contributed by atoms with Crippen molar-refractivity contribution >= 4 is 118 Å². The van der Waals surface area contributed by atoms with Crippen LogP contribution in [0.25, 0.3) is 0 Å². The molecule has 1 N–H and O–H groups in total. The van der Waals surface area contributed by atoms with E-state index in [0.29, 0.717) is 0 Å². The number of nitrogens with one attached hydrogen (secondary N) is 1. The quantitative estimate of drug-likeness (QED) is 0.0494. The van der Waals surface area contributed by atoms with Gasteiger partial charge in [-0.1, -0.05) is 0 Å². The van der Waals surface area contributed by atoms with E-state index in [2.05, 4.69) is 112 Å². The first kappa shape index (κ1) is 37.4. The zero-order valence-corrected chi connectivity index (χ0v) is 29.5. The lowest BCUT2D eigenvalue weighted by atomic mass is 10.8. The minimum Gasteiger partial charge on any atom is -0.255 e. The molecule has 0 aliphatic rings. The third-order valence-electron chi connectivity index (χ3n) is 3.89. The molecule has 0 aliphatic carbocycles. The first-order valence-corrected chi connectivity index (χ1v) is 23.0. The van der Waals surface area contributed by atoms with E-state index in [0.717, 1.165) is 12.3 Å². The number of rotatable bonds is 30. The van der Waals surface area contributed by atoms with E-state index in [1.807, 2.05) is 30.9 Å². The Kier molecular flexibility index (Phi) is 37.9. The fourth-order valence-electron chi connectivity index (χ4n) is 2.27. The molecule has 0 spiro atoms. The molecule has 0 fully saturated rings. The summed E-state index contributed by atoms with van der Waals surface area (Å²) in [4.78, 5) is 0. The van der Waals surface area contributed by atoms with Gasteiger partial charge in [0.05, 0.1) is 0 Å². The van der Waals surface area contributed by atoms with Crippen LogP contribution in [-0.2, 0) is 0 Å². The van der Waals surface area contributed by atoms with Crippen LogP contribution in [0.1, 0.15) is 0 Å². The lowest BCUT2D eigenvalue weighted by Gasteiger charge is -2.10. The molecule has 2 nitrogen and oxygen atoms in total. The maximum absolute atomic E-state index is 4.24. The normalized spacial score (nSPS) is 11.6. The monoisotopic (exact) mass is 660 g/mol. The van der Waals surface area contributed by atoms with Gasteiger partial charge in [-0.3, -0.25) is 10.4 Å². The highest BCUT2D eigenvalue weighted by molar-refractivity contribution is 8.07. The van der Waals surface area contributed by atoms with Crippen molar-refractivity contribution in [2.45, 2.75) is 0 Å². The molecule has 0 saturated heterocycles. The molecule has 0 atom stereocenters. The SMILES string of the molecule is CN(C)NCCSCCSCCSCCSCCSCCSCCSCCSCCSCCS. The second kappa shape index (κ2) is 34.4. The van der Waals surface area contributed by atoms with Crippen LogP contribution in [0.3, 0.4) is 0 Å².